The monoisotopic (exact) mass is 316 g/mol. The van der Waals surface area contributed by atoms with Gasteiger partial charge in [0, 0.05) is 76.4 Å². The van der Waals surface area contributed by atoms with Crippen LogP contribution in [0.15, 0.2) is 24.8 Å². The fourth-order valence-electron chi connectivity index (χ4n) is 3.52. The van der Waals surface area contributed by atoms with Gasteiger partial charge >= 0.3 is 0 Å². The van der Waals surface area contributed by atoms with Gasteiger partial charge in [0.2, 0.25) is 0 Å². The van der Waals surface area contributed by atoms with Crippen molar-refractivity contribution in [2.45, 2.75) is 38.9 Å². The topological polar surface area (TPSA) is 42.1 Å². The van der Waals surface area contributed by atoms with Crippen LogP contribution >= 0.6 is 0 Å². The van der Waals surface area contributed by atoms with Crippen LogP contribution in [-0.4, -0.2) is 55.0 Å². The van der Waals surface area contributed by atoms with Crippen LogP contribution in [0.3, 0.4) is 0 Å². The van der Waals surface area contributed by atoms with Crippen molar-refractivity contribution in [1.82, 2.24) is 29.4 Å². The Labute approximate surface area is 138 Å². The molecule has 0 spiro atoms. The number of hydrogen-bond acceptors (Lipinski definition) is 4. The van der Waals surface area contributed by atoms with E-state index in [0.29, 0.717) is 6.04 Å². The number of hydrogen-bond donors (Lipinski definition) is 0. The minimum atomic E-state index is 0.630. The molecule has 3 rings (SSSR count). The quantitative estimate of drug-likeness (QED) is 0.812. The molecule has 3 heterocycles. The van der Waals surface area contributed by atoms with E-state index in [1.165, 1.54) is 24.0 Å². The first kappa shape index (κ1) is 16.2. The highest BCUT2D eigenvalue weighted by Crippen LogP contribution is 2.19. The fraction of sp³-hybridized carbons (Fsp3) is 0.647. The molecule has 0 unspecified atom stereocenters. The Hall–Kier alpha value is -1.66. The third kappa shape index (κ3) is 4.20. The highest BCUT2D eigenvalue weighted by atomic mass is 15.3. The van der Waals surface area contributed by atoms with E-state index in [9.17, 15) is 0 Å². The van der Waals surface area contributed by atoms with Crippen molar-refractivity contribution in [1.29, 1.82) is 0 Å². The van der Waals surface area contributed by atoms with E-state index >= 15 is 0 Å². The standard InChI is InChI=1S/C17H28N6/c1-4-5-17-14-22(12-15-8-18-20(2)10-15)6-7-23(17)13-16-9-19-21(3)11-16/h8-11,17H,4-7,12-14H2,1-3H3/t17-/m1/s1. The van der Waals surface area contributed by atoms with Crippen LogP contribution in [0.2, 0.25) is 0 Å². The molecular weight excluding hydrogens is 288 g/mol. The van der Waals surface area contributed by atoms with E-state index in [1.54, 1.807) is 0 Å². The zero-order valence-electron chi connectivity index (χ0n) is 14.5. The predicted octanol–water partition coefficient (Wildman–Crippen LogP) is 1.64. The Morgan fingerprint density at radius 1 is 1.00 bits per heavy atom. The molecule has 1 aliphatic rings. The lowest BCUT2D eigenvalue weighted by atomic mass is 10.1. The molecule has 0 amide bonds. The Kier molecular flexibility index (Phi) is 5.13. The van der Waals surface area contributed by atoms with Gasteiger partial charge in [-0.25, -0.2) is 0 Å². The third-order valence-electron chi connectivity index (χ3n) is 4.62. The zero-order valence-corrected chi connectivity index (χ0v) is 14.5. The smallest absolute Gasteiger partial charge is 0.0534 e. The summed E-state index contributed by atoms with van der Waals surface area (Å²) in [5.41, 5.74) is 2.62. The molecule has 1 saturated heterocycles. The molecule has 6 nitrogen and oxygen atoms in total. The van der Waals surface area contributed by atoms with Crippen molar-refractivity contribution in [3.05, 3.63) is 35.9 Å². The van der Waals surface area contributed by atoms with Crippen molar-refractivity contribution in [2.75, 3.05) is 19.6 Å². The largest absolute Gasteiger partial charge is 0.296 e. The fourth-order valence-corrected chi connectivity index (χ4v) is 3.52. The molecule has 2 aromatic rings. The first-order valence-corrected chi connectivity index (χ1v) is 8.55. The van der Waals surface area contributed by atoms with Gasteiger partial charge in [-0.3, -0.25) is 19.2 Å². The van der Waals surface area contributed by atoms with Gasteiger partial charge < -0.3 is 0 Å². The van der Waals surface area contributed by atoms with Gasteiger partial charge in [0.15, 0.2) is 0 Å². The highest BCUT2D eigenvalue weighted by Gasteiger charge is 2.26. The van der Waals surface area contributed by atoms with Gasteiger partial charge in [0.25, 0.3) is 0 Å². The minimum Gasteiger partial charge on any atom is -0.296 e. The van der Waals surface area contributed by atoms with Crippen LogP contribution in [0.1, 0.15) is 30.9 Å². The predicted molar refractivity (Wildman–Crippen MR) is 90.8 cm³/mol. The second kappa shape index (κ2) is 7.27. The maximum atomic E-state index is 4.30. The first-order valence-electron chi connectivity index (χ1n) is 8.55. The third-order valence-corrected chi connectivity index (χ3v) is 4.62. The Bertz CT molecular complexity index is 616. The van der Waals surface area contributed by atoms with E-state index in [2.05, 4.69) is 39.3 Å². The lowest BCUT2D eigenvalue weighted by Crippen LogP contribution is -2.52. The molecule has 23 heavy (non-hydrogen) atoms. The van der Waals surface area contributed by atoms with Gasteiger partial charge in [0.05, 0.1) is 12.4 Å². The summed E-state index contributed by atoms with van der Waals surface area (Å²) in [6, 6.07) is 0.630. The van der Waals surface area contributed by atoms with Crippen LogP contribution in [0, 0.1) is 0 Å². The molecule has 0 aromatic carbocycles. The van der Waals surface area contributed by atoms with Crippen LogP contribution in [-0.2, 0) is 27.2 Å². The number of aromatic nitrogens is 4. The van der Waals surface area contributed by atoms with Gasteiger partial charge in [-0.05, 0) is 6.42 Å². The van der Waals surface area contributed by atoms with Crippen LogP contribution < -0.4 is 0 Å². The Morgan fingerprint density at radius 2 is 1.65 bits per heavy atom. The molecule has 0 aliphatic carbocycles. The second-order valence-electron chi connectivity index (χ2n) is 6.69. The summed E-state index contributed by atoms with van der Waals surface area (Å²) in [4.78, 5) is 5.19. The van der Waals surface area contributed by atoms with Crippen molar-refractivity contribution in [3.8, 4) is 0 Å². The first-order chi connectivity index (χ1) is 11.1. The summed E-state index contributed by atoms with van der Waals surface area (Å²) in [7, 11) is 3.97. The Balaban J connectivity index is 1.60. The summed E-state index contributed by atoms with van der Waals surface area (Å²) in [5, 5.41) is 8.58. The lowest BCUT2D eigenvalue weighted by Gasteiger charge is -2.41. The summed E-state index contributed by atoms with van der Waals surface area (Å²) < 4.78 is 3.78. The summed E-state index contributed by atoms with van der Waals surface area (Å²) in [6.45, 7) is 7.69. The molecule has 0 N–H and O–H groups in total. The number of piperazine rings is 1. The minimum absolute atomic E-state index is 0.630. The zero-order chi connectivity index (χ0) is 16.2. The molecule has 1 atom stereocenters. The van der Waals surface area contributed by atoms with Crippen molar-refractivity contribution in [3.63, 3.8) is 0 Å². The van der Waals surface area contributed by atoms with Crippen LogP contribution in [0.25, 0.3) is 0 Å². The molecule has 6 heteroatoms. The normalized spacial score (nSPS) is 20.2. The molecule has 2 aromatic heterocycles. The van der Waals surface area contributed by atoms with Crippen LogP contribution in [0.4, 0.5) is 0 Å². The molecule has 0 bridgehead atoms. The Morgan fingerprint density at radius 3 is 2.22 bits per heavy atom. The number of rotatable bonds is 6. The number of aryl methyl sites for hydroxylation is 2. The maximum absolute atomic E-state index is 4.30. The van der Waals surface area contributed by atoms with E-state index in [4.69, 9.17) is 0 Å². The van der Waals surface area contributed by atoms with E-state index in [0.717, 1.165) is 32.7 Å². The lowest BCUT2D eigenvalue weighted by molar-refractivity contribution is 0.0591. The summed E-state index contributed by atoms with van der Waals surface area (Å²) in [5.74, 6) is 0. The SMILES string of the molecule is CCC[C@@H]1CN(Cc2cnn(C)c2)CCN1Cc1cnn(C)c1. The molecule has 1 fully saturated rings. The van der Waals surface area contributed by atoms with Crippen molar-refractivity contribution >= 4 is 0 Å². The van der Waals surface area contributed by atoms with Gasteiger partial charge in [-0.2, -0.15) is 10.2 Å². The van der Waals surface area contributed by atoms with Gasteiger partial charge in [-0.15, -0.1) is 0 Å². The molecular formula is C17H28N6. The molecule has 126 valence electrons. The molecule has 1 aliphatic heterocycles. The summed E-state index contributed by atoms with van der Waals surface area (Å²) >= 11 is 0. The average Bonchev–Trinajstić information content (AvgIpc) is 3.11. The molecule has 0 radical (unpaired) electrons. The van der Waals surface area contributed by atoms with Gasteiger partial charge in [0.1, 0.15) is 0 Å². The van der Waals surface area contributed by atoms with Crippen molar-refractivity contribution < 1.29 is 0 Å². The summed E-state index contributed by atoms with van der Waals surface area (Å²) in [6.07, 6.45) is 10.7. The maximum Gasteiger partial charge on any atom is 0.0534 e. The van der Waals surface area contributed by atoms with Crippen LogP contribution in [0.5, 0.6) is 0 Å². The van der Waals surface area contributed by atoms with Crippen molar-refractivity contribution in [2.24, 2.45) is 14.1 Å². The molecule has 0 saturated carbocycles. The average molecular weight is 316 g/mol. The number of nitrogens with zero attached hydrogens (tertiary/aromatic N) is 6. The van der Waals surface area contributed by atoms with E-state index in [-0.39, 0.29) is 0 Å². The van der Waals surface area contributed by atoms with E-state index in [1.807, 2.05) is 35.9 Å². The van der Waals surface area contributed by atoms with E-state index < -0.39 is 0 Å². The second-order valence-corrected chi connectivity index (χ2v) is 6.69. The highest BCUT2D eigenvalue weighted by molar-refractivity contribution is 5.06. The van der Waals surface area contributed by atoms with Gasteiger partial charge in [-0.1, -0.05) is 13.3 Å².